The number of hydrogen-bond acceptors (Lipinski definition) is 4. The molecule has 144 valence electrons. The molecule has 0 radical (unpaired) electrons. The number of rotatable bonds is 12. The first-order valence-corrected chi connectivity index (χ1v) is 21.2. The van der Waals surface area contributed by atoms with Gasteiger partial charge in [-0.15, -0.1) is 11.1 Å². The van der Waals surface area contributed by atoms with Crippen molar-refractivity contribution in [1.29, 1.82) is 0 Å². The molecule has 0 N–H and O–H groups in total. The standard InChI is InChI=1S/C15H37ClO4Si4/c1-15(2)14-17-12-11-13-21(3,4)18-23(7,8)20-24(9,10)19-22(5,6)16/h1,11-14H2,2-10H3. The third-order valence-electron chi connectivity index (χ3n) is 2.92. The van der Waals surface area contributed by atoms with Gasteiger partial charge in [0, 0.05) is 6.61 Å². The van der Waals surface area contributed by atoms with Crippen LogP contribution in [0.3, 0.4) is 0 Å². The average molecular weight is 429 g/mol. The van der Waals surface area contributed by atoms with Crippen LogP contribution >= 0.6 is 11.1 Å². The molecule has 4 nitrogen and oxygen atoms in total. The Morgan fingerprint density at radius 1 is 0.875 bits per heavy atom. The van der Waals surface area contributed by atoms with Crippen molar-refractivity contribution in [3.63, 3.8) is 0 Å². The maximum absolute atomic E-state index is 6.51. The molecule has 0 saturated heterocycles. The molecular weight excluding hydrogens is 392 g/mol. The van der Waals surface area contributed by atoms with Gasteiger partial charge in [0.05, 0.1) is 6.61 Å². The average Bonchev–Trinajstić information content (AvgIpc) is 2.19. The van der Waals surface area contributed by atoms with E-state index in [0.29, 0.717) is 6.61 Å². The predicted octanol–water partition coefficient (Wildman–Crippen LogP) is 5.57. The second kappa shape index (κ2) is 9.61. The molecule has 0 aromatic carbocycles. The summed E-state index contributed by atoms with van der Waals surface area (Å²) < 4.78 is 24.5. The summed E-state index contributed by atoms with van der Waals surface area (Å²) >= 11 is 6.33. The Bertz CT molecular complexity index is 409. The van der Waals surface area contributed by atoms with E-state index in [1.54, 1.807) is 0 Å². The third-order valence-corrected chi connectivity index (χ3v) is 17.2. The number of ether oxygens (including phenoxy) is 1. The first-order chi connectivity index (χ1) is 10.5. The van der Waals surface area contributed by atoms with E-state index < -0.39 is 33.1 Å². The Kier molecular flexibility index (Phi) is 9.90. The van der Waals surface area contributed by atoms with Gasteiger partial charge in [-0.25, -0.2) is 0 Å². The Balaban J connectivity index is 4.46. The fraction of sp³-hybridized carbons (Fsp3) is 0.867. The highest BCUT2D eigenvalue weighted by atomic mass is 35.6. The second-order valence-electron chi connectivity index (χ2n) is 8.34. The lowest BCUT2D eigenvalue weighted by Crippen LogP contribution is -2.55. The molecule has 0 aromatic heterocycles. The molecule has 0 saturated carbocycles. The molecule has 0 bridgehead atoms. The summed E-state index contributed by atoms with van der Waals surface area (Å²) in [6.07, 6.45) is 1.01. The zero-order valence-corrected chi connectivity index (χ0v) is 21.8. The molecule has 0 aliphatic rings. The van der Waals surface area contributed by atoms with Crippen molar-refractivity contribution < 1.29 is 17.1 Å². The lowest BCUT2D eigenvalue weighted by molar-refractivity contribution is 0.156. The van der Waals surface area contributed by atoms with Crippen LogP contribution in [0.5, 0.6) is 0 Å². The van der Waals surface area contributed by atoms with Crippen LogP contribution in [0.15, 0.2) is 12.2 Å². The summed E-state index contributed by atoms with van der Waals surface area (Å²) in [7, 11) is -8.45. The van der Waals surface area contributed by atoms with Crippen molar-refractivity contribution in [2.24, 2.45) is 0 Å². The normalized spacial score (nSPS) is 14.1. The van der Waals surface area contributed by atoms with Gasteiger partial charge in [0.15, 0.2) is 8.32 Å². The predicted molar refractivity (Wildman–Crippen MR) is 114 cm³/mol. The summed E-state index contributed by atoms with van der Waals surface area (Å²) in [5.74, 6) is 0. The van der Waals surface area contributed by atoms with E-state index in [0.717, 1.165) is 24.6 Å². The molecule has 0 unspecified atom stereocenters. The Labute approximate surface area is 158 Å². The largest absolute Gasteiger partial charge is 0.436 e. The minimum Gasteiger partial charge on any atom is -0.436 e. The molecule has 24 heavy (non-hydrogen) atoms. The number of halogens is 1. The molecule has 0 spiro atoms. The van der Waals surface area contributed by atoms with Crippen molar-refractivity contribution in [2.45, 2.75) is 71.8 Å². The van der Waals surface area contributed by atoms with Crippen LogP contribution < -0.4 is 0 Å². The highest BCUT2D eigenvalue weighted by Crippen LogP contribution is 2.26. The summed E-state index contributed by atoms with van der Waals surface area (Å²) in [6, 6.07) is 1.06. The molecule has 0 heterocycles. The van der Waals surface area contributed by atoms with E-state index in [4.69, 9.17) is 28.2 Å². The fourth-order valence-electron chi connectivity index (χ4n) is 2.78. The quantitative estimate of drug-likeness (QED) is 0.176. The smallest absolute Gasteiger partial charge is 0.313 e. The Hall–Kier alpha value is 0.738. The van der Waals surface area contributed by atoms with E-state index >= 15 is 0 Å². The van der Waals surface area contributed by atoms with E-state index in [1.165, 1.54) is 0 Å². The lowest BCUT2D eigenvalue weighted by Gasteiger charge is -2.39. The SMILES string of the molecule is C=C(C)COCCC[Si](C)(C)O[Si](C)(C)O[Si](C)(C)O[Si](C)(C)Cl. The van der Waals surface area contributed by atoms with Crippen LogP contribution in [-0.2, 0) is 17.1 Å². The van der Waals surface area contributed by atoms with Gasteiger partial charge in [-0.1, -0.05) is 12.2 Å². The highest BCUT2D eigenvalue weighted by Gasteiger charge is 2.42. The van der Waals surface area contributed by atoms with E-state index in [1.807, 2.05) is 20.0 Å². The van der Waals surface area contributed by atoms with Gasteiger partial charge in [0.2, 0.25) is 0 Å². The molecule has 9 heteroatoms. The van der Waals surface area contributed by atoms with Crippen molar-refractivity contribution in [1.82, 2.24) is 0 Å². The fourth-order valence-corrected chi connectivity index (χ4v) is 21.7. The monoisotopic (exact) mass is 428 g/mol. The molecule has 0 aromatic rings. The van der Waals surface area contributed by atoms with Crippen LogP contribution in [0.2, 0.25) is 58.4 Å². The van der Waals surface area contributed by atoms with Gasteiger partial charge in [-0.2, -0.15) is 0 Å². The van der Waals surface area contributed by atoms with Crippen LogP contribution in [0.4, 0.5) is 0 Å². The van der Waals surface area contributed by atoms with Gasteiger partial charge in [0.25, 0.3) is 7.63 Å². The summed E-state index contributed by atoms with van der Waals surface area (Å²) in [4.78, 5) is 0. The molecular formula is C15H37ClO4Si4. The maximum atomic E-state index is 6.51. The topological polar surface area (TPSA) is 36.9 Å². The first kappa shape index (κ1) is 24.7. The highest BCUT2D eigenvalue weighted by molar-refractivity contribution is 7.17. The van der Waals surface area contributed by atoms with E-state index in [9.17, 15) is 0 Å². The third kappa shape index (κ3) is 14.0. The molecule has 0 fully saturated rings. The van der Waals surface area contributed by atoms with Crippen LogP contribution in [0, 0.1) is 0 Å². The summed E-state index contributed by atoms with van der Waals surface area (Å²) in [5, 5.41) is 0. The molecule has 0 atom stereocenters. The summed E-state index contributed by atoms with van der Waals surface area (Å²) in [6.45, 7) is 24.0. The van der Waals surface area contributed by atoms with Crippen LogP contribution in [-0.4, -0.2) is 46.3 Å². The molecule has 0 aliphatic carbocycles. The molecule has 0 aliphatic heterocycles. The van der Waals surface area contributed by atoms with Gasteiger partial charge in [-0.05, 0) is 71.8 Å². The first-order valence-electron chi connectivity index (χ1n) is 8.55. The zero-order valence-electron chi connectivity index (χ0n) is 17.0. The Morgan fingerprint density at radius 2 is 1.38 bits per heavy atom. The minimum absolute atomic E-state index is 0.640. The van der Waals surface area contributed by atoms with Crippen molar-refractivity contribution in [3.05, 3.63) is 12.2 Å². The van der Waals surface area contributed by atoms with Crippen molar-refractivity contribution in [3.8, 4) is 0 Å². The molecule has 0 rings (SSSR count). The van der Waals surface area contributed by atoms with Crippen LogP contribution in [0.1, 0.15) is 13.3 Å². The van der Waals surface area contributed by atoms with Crippen LogP contribution in [0.25, 0.3) is 0 Å². The Morgan fingerprint density at radius 3 is 1.83 bits per heavy atom. The van der Waals surface area contributed by atoms with Crippen molar-refractivity contribution >= 4 is 44.1 Å². The van der Waals surface area contributed by atoms with E-state index in [-0.39, 0.29) is 0 Å². The second-order valence-corrected chi connectivity index (χ2v) is 25.9. The van der Waals surface area contributed by atoms with E-state index in [2.05, 4.69) is 45.9 Å². The lowest BCUT2D eigenvalue weighted by atomic mass is 10.4. The van der Waals surface area contributed by atoms with Crippen molar-refractivity contribution in [2.75, 3.05) is 13.2 Å². The van der Waals surface area contributed by atoms with Gasteiger partial charge in [0.1, 0.15) is 0 Å². The van der Waals surface area contributed by atoms with Gasteiger partial charge in [-0.3, -0.25) is 0 Å². The molecule has 0 amide bonds. The summed E-state index contributed by atoms with van der Waals surface area (Å²) in [5.41, 5.74) is 1.06. The van der Waals surface area contributed by atoms with Gasteiger partial charge < -0.3 is 17.1 Å². The van der Waals surface area contributed by atoms with Gasteiger partial charge >= 0.3 is 17.1 Å². The number of hydrogen-bond donors (Lipinski definition) is 0. The zero-order chi connectivity index (χ0) is 19.2. The minimum atomic E-state index is -2.28. The maximum Gasteiger partial charge on any atom is 0.313 e.